The van der Waals surface area contributed by atoms with Crippen molar-refractivity contribution in [3.8, 4) is 11.5 Å². The Morgan fingerprint density at radius 3 is 2.57 bits per heavy atom. The van der Waals surface area contributed by atoms with Crippen molar-refractivity contribution in [3.63, 3.8) is 0 Å². The van der Waals surface area contributed by atoms with E-state index < -0.39 is 10.0 Å². The molecule has 2 amide bonds. The first-order valence-corrected chi connectivity index (χ1v) is 9.15. The number of fused-ring (bicyclic) bond motifs is 1. The molecule has 8 nitrogen and oxygen atoms in total. The highest BCUT2D eigenvalue weighted by Gasteiger charge is 2.25. The van der Waals surface area contributed by atoms with Crippen molar-refractivity contribution >= 4 is 16.1 Å². The molecule has 0 aliphatic carbocycles. The SMILES string of the molecule is CS(=O)(=O)N1CCN(C(=O)NCc2ccc3c(c2)OCO3)CC1. The number of sulfonamides is 1. The van der Waals surface area contributed by atoms with E-state index in [2.05, 4.69) is 5.32 Å². The number of nitrogens with zero attached hydrogens (tertiary/aromatic N) is 2. The van der Waals surface area contributed by atoms with E-state index in [9.17, 15) is 13.2 Å². The number of ether oxygens (including phenoxy) is 2. The highest BCUT2D eigenvalue weighted by Crippen LogP contribution is 2.32. The van der Waals surface area contributed by atoms with Crippen molar-refractivity contribution in [2.75, 3.05) is 39.2 Å². The minimum Gasteiger partial charge on any atom is -0.454 e. The average molecular weight is 341 g/mol. The third-order valence-corrected chi connectivity index (χ3v) is 5.18. The first-order chi connectivity index (χ1) is 10.9. The van der Waals surface area contributed by atoms with Gasteiger partial charge in [-0.25, -0.2) is 13.2 Å². The van der Waals surface area contributed by atoms with E-state index in [0.29, 0.717) is 44.2 Å². The molecule has 1 saturated heterocycles. The van der Waals surface area contributed by atoms with Gasteiger partial charge in [0, 0.05) is 32.7 Å². The summed E-state index contributed by atoms with van der Waals surface area (Å²) in [6.07, 6.45) is 1.18. The fourth-order valence-corrected chi connectivity index (χ4v) is 3.39. The second kappa shape index (κ2) is 6.25. The first-order valence-electron chi connectivity index (χ1n) is 7.30. The summed E-state index contributed by atoms with van der Waals surface area (Å²) in [5.41, 5.74) is 0.914. The van der Waals surface area contributed by atoms with Crippen molar-refractivity contribution in [2.24, 2.45) is 0 Å². The number of piperazine rings is 1. The molecule has 9 heteroatoms. The van der Waals surface area contributed by atoms with Crippen molar-refractivity contribution in [1.29, 1.82) is 0 Å². The minimum atomic E-state index is -3.19. The Balaban J connectivity index is 1.50. The van der Waals surface area contributed by atoms with Gasteiger partial charge in [0.2, 0.25) is 16.8 Å². The lowest BCUT2D eigenvalue weighted by Crippen LogP contribution is -2.52. The van der Waals surface area contributed by atoms with Crippen LogP contribution >= 0.6 is 0 Å². The number of carbonyl (C=O) groups is 1. The maximum Gasteiger partial charge on any atom is 0.317 e. The van der Waals surface area contributed by atoms with Crippen LogP contribution in [0, 0.1) is 0 Å². The van der Waals surface area contributed by atoms with Crippen LogP contribution in [0.4, 0.5) is 4.79 Å². The van der Waals surface area contributed by atoms with E-state index in [1.54, 1.807) is 4.90 Å². The molecule has 126 valence electrons. The van der Waals surface area contributed by atoms with Crippen LogP contribution in [0.25, 0.3) is 0 Å². The number of nitrogens with one attached hydrogen (secondary N) is 1. The summed E-state index contributed by atoms with van der Waals surface area (Å²) in [5.74, 6) is 1.38. The van der Waals surface area contributed by atoms with E-state index in [1.807, 2.05) is 18.2 Å². The highest BCUT2D eigenvalue weighted by molar-refractivity contribution is 7.88. The molecule has 2 aliphatic rings. The fraction of sp³-hybridized carbons (Fsp3) is 0.500. The lowest BCUT2D eigenvalue weighted by Gasteiger charge is -2.33. The monoisotopic (exact) mass is 341 g/mol. The number of urea groups is 1. The van der Waals surface area contributed by atoms with Crippen LogP contribution in [-0.4, -0.2) is 62.9 Å². The second-order valence-corrected chi connectivity index (χ2v) is 7.48. The van der Waals surface area contributed by atoms with Crippen molar-refractivity contribution in [3.05, 3.63) is 23.8 Å². The number of amides is 2. The van der Waals surface area contributed by atoms with Crippen molar-refractivity contribution in [1.82, 2.24) is 14.5 Å². The average Bonchev–Trinajstić information content (AvgIpc) is 2.99. The van der Waals surface area contributed by atoms with E-state index in [4.69, 9.17) is 9.47 Å². The van der Waals surface area contributed by atoms with Gasteiger partial charge in [0.15, 0.2) is 11.5 Å². The van der Waals surface area contributed by atoms with Crippen LogP contribution in [0.2, 0.25) is 0 Å². The zero-order chi connectivity index (χ0) is 16.4. The maximum atomic E-state index is 12.2. The summed E-state index contributed by atoms with van der Waals surface area (Å²) in [5, 5.41) is 2.84. The van der Waals surface area contributed by atoms with Crippen molar-refractivity contribution < 1.29 is 22.7 Å². The summed E-state index contributed by atoms with van der Waals surface area (Å²) in [7, 11) is -3.19. The Morgan fingerprint density at radius 1 is 1.17 bits per heavy atom. The number of carbonyl (C=O) groups excluding carboxylic acids is 1. The minimum absolute atomic E-state index is 0.198. The molecule has 0 atom stereocenters. The smallest absolute Gasteiger partial charge is 0.317 e. The van der Waals surface area contributed by atoms with Gasteiger partial charge in [-0.3, -0.25) is 0 Å². The molecule has 1 fully saturated rings. The van der Waals surface area contributed by atoms with Crippen LogP contribution in [0.1, 0.15) is 5.56 Å². The second-order valence-electron chi connectivity index (χ2n) is 5.50. The topological polar surface area (TPSA) is 88.2 Å². The highest BCUT2D eigenvalue weighted by atomic mass is 32.2. The third-order valence-electron chi connectivity index (χ3n) is 3.88. The molecule has 23 heavy (non-hydrogen) atoms. The summed E-state index contributed by atoms with van der Waals surface area (Å²) >= 11 is 0. The van der Waals surface area contributed by atoms with E-state index in [0.717, 1.165) is 5.56 Å². The van der Waals surface area contributed by atoms with Crippen LogP contribution in [0.15, 0.2) is 18.2 Å². The normalized spacial score (nSPS) is 18.0. The Morgan fingerprint density at radius 2 is 1.87 bits per heavy atom. The molecular formula is C14H19N3O5S. The Bertz CT molecular complexity index is 698. The van der Waals surface area contributed by atoms with Crippen LogP contribution < -0.4 is 14.8 Å². The quantitative estimate of drug-likeness (QED) is 0.849. The number of hydrogen-bond donors (Lipinski definition) is 1. The van der Waals surface area contributed by atoms with Gasteiger partial charge >= 0.3 is 6.03 Å². The molecule has 1 aromatic carbocycles. The van der Waals surface area contributed by atoms with Crippen LogP contribution in [-0.2, 0) is 16.6 Å². The lowest BCUT2D eigenvalue weighted by molar-refractivity contribution is 0.172. The summed E-state index contributed by atoms with van der Waals surface area (Å²) in [4.78, 5) is 13.8. The molecule has 1 aromatic rings. The molecule has 2 heterocycles. The molecule has 0 bridgehead atoms. The van der Waals surface area contributed by atoms with Crippen molar-refractivity contribution in [2.45, 2.75) is 6.54 Å². The van der Waals surface area contributed by atoms with Gasteiger partial charge in [-0.05, 0) is 17.7 Å². The fourth-order valence-electron chi connectivity index (χ4n) is 2.56. The summed E-state index contributed by atoms with van der Waals surface area (Å²) < 4.78 is 34.8. The van der Waals surface area contributed by atoms with Gasteiger partial charge in [0.05, 0.1) is 6.26 Å². The molecule has 1 N–H and O–H groups in total. The van der Waals surface area contributed by atoms with Crippen LogP contribution in [0.5, 0.6) is 11.5 Å². The van der Waals surface area contributed by atoms with Gasteiger partial charge in [-0.15, -0.1) is 0 Å². The van der Waals surface area contributed by atoms with Gasteiger partial charge in [0.1, 0.15) is 0 Å². The van der Waals surface area contributed by atoms with E-state index >= 15 is 0 Å². The molecule has 0 radical (unpaired) electrons. The predicted octanol–water partition coefficient (Wildman–Crippen LogP) is 0.202. The van der Waals surface area contributed by atoms with E-state index in [1.165, 1.54) is 10.6 Å². The Labute approximate surface area is 135 Å². The Hall–Kier alpha value is -2.00. The van der Waals surface area contributed by atoms with Gasteiger partial charge in [-0.1, -0.05) is 6.07 Å². The molecule has 0 spiro atoms. The largest absolute Gasteiger partial charge is 0.454 e. The summed E-state index contributed by atoms with van der Waals surface area (Å²) in [6.45, 7) is 2.03. The number of benzene rings is 1. The number of hydrogen-bond acceptors (Lipinski definition) is 5. The molecular weight excluding hydrogens is 322 g/mol. The van der Waals surface area contributed by atoms with Crippen LogP contribution in [0.3, 0.4) is 0 Å². The zero-order valence-electron chi connectivity index (χ0n) is 12.8. The predicted molar refractivity (Wildman–Crippen MR) is 82.8 cm³/mol. The standard InChI is InChI=1S/C14H19N3O5S/c1-23(19,20)17-6-4-16(5-7-17)14(18)15-9-11-2-3-12-13(8-11)22-10-21-12/h2-3,8H,4-7,9-10H2,1H3,(H,15,18). The third kappa shape index (κ3) is 3.67. The number of rotatable bonds is 3. The van der Waals surface area contributed by atoms with E-state index in [-0.39, 0.29) is 12.8 Å². The van der Waals surface area contributed by atoms with Gasteiger partial charge < -0.3 is 19.7 Å². The summed E-state index contributed by atoms with van der Waals surface area (Å²) in [6, 6.07) is 5.32. The molecule has 0 saturated carbocycles. The first kappa shape index (κ1) is 15.9. The lowest BCUT2D eigenvalue weighted by atomic mass is 10.2. The maximum absolute atomic E-state index is 12.2. The van der Waals surface area contributed by atoms with Gasteiger partial charge in [-0.2, -0.15) is 4.31 Å². The Kier molecular flexibility index (Phi) is 4.31. The molecule has 2 aliphatic heterocycles. The molecule has 0 aromatic heterocycles. The van der Waals surface area contributed by atoms with Gasteiger partial charge in [0.25, 0.3) is 0 Å². The molecule has 0 unspecified atom stereocenters. The zero-order valence-corrected chi connectivity index (χ0v) is 13.6. The molecule has 3 rings (SSSR count).